The molecule has 0 radical (unpaired) electrons. The van der Waals surface area contributed by atoms with Gasteiger partial charge in [-0.1, -0.05) is 6.42 Å². The number of hydrogen-bond acceptors (Lipinski definition) is 5. The molecule has 0 rings (SSSR count). The highest BCUT2D eigenvalue weighted by atomic mass is 16.5. The molecule has 0 heterocycles. The fourth-order valence-electron chi connectivity index (χ4n) is 1.06. The summed E-state index contributed by atoms with van der Waals surface area (Å²) >= 11 is 0. The van der Waals surface area contributed by atoms with E-state index in [1.807, 2.05) is 0 Å². The number of nitrogens with two attached hydrogens (primary N) is 1. The first-order valence-corrected chi connectivity index (χ1v) is 4.75. The van der Waals surface area contributed by atoms with Crippen LogP contribution in [0.2, 0.25) is 0 Å². The summed E-state index contributed by atoms with van der Waals surface area (Å²) in [5, 5.41) is 9.82. The topological polar surface area (TPSA) is 88.2 Å². The first-order chi connectivity index (χ1) is 6.72. The van der Waals surface area contributed by atoms with Crippen LogP contribution in [0.25, 0.3) is 0 Å². The van der Waals surface area contributed by atoms with Gasteiger partial charge in [-0.25, -0.2) is 0 Å². The monoisotopic (exact) mass is 201 g/mol. The maximum atomic E-state index is 10.9. The van der Waals surface area contributed by atoms with Crippen molar-refractivity contribution >= 4 is 12.2 Å². The van der Waals surface area contributed by atoms with Gasteiger partial charge in [0.2, 0.25) is 0 Å². The van der Waals surface area contributed by atoms with E-state index in [1.165, 1.54) is 13.3 Å². The lowest BCUT2D eigenvalue weighted by Gasteiger charge is -2.08. The minimum atomic E-state index is -0.497. The molecule has 0 bridgehead atoms. The summed E-state index contributed by atoms with van der Waals surface area (Å²) in [5.74, 6) is -0.350. The second-order valence-electron chi connectivity index (χ2n) is 3.03. The van der Waals surface area contributed by atoms with E-state index in [0.717, 1.165) is 19.4 Å². The van der Waals surface area contributed by atoms with Crippen LogP contribution in [0.15, 0.2) is 0 Å². The van der Waals surface area contributed by atoms with Gasteiger partial charge < -0.3 is 21.2 Å². The Morgan fingerprint density at radius 2 is 2.36 bits per heavy atom. The van der Waals surface area contributed by atoms with Crippen molar-refractivity contribution in [1.29, 1.82) is 5.41 Å². The third kappa shape index (κ3) is 6.56. The number of unbranched alkanes of at least 4 members (excludes halogenated alkanes) is 1. The molecular weight excluding hydrogens is 182 g/mol. The summed E-state index contributed by atoms with van der Waals surface area (Å²) in [6.07, 6.45) is 3.82. The molecule has 0 aliphatic carbocycles. The van der Waals surface area contributed by atoms with Crippen LogP contribution in [0.3, 0.4) is 0 Å². The van der Waals surface area contributed by atoms with Gasteiger partial charge in [-0.3, -0.25) is 4.79 Å². The average molecular weight is 201 g/mol. The summed E-state index contributed by atoms with van der Waals surface area (Å²) in [5.41, 5.74) is 5.54. The van der Waals surface area contributed by atoms with Gasteiger partial charge in [0.25, 0.3) is 0 Å². The molecule has 1 atom stereocenters. The van der Waals surface area contributed by atoms with Crippen molar-refractivity contribution in [2.75, 3.05) is 20.2 Å². The normalized spacial score (nSPS) is 12.1. The molecule has 0 aromatic rings. The van der Waals surface area contributed by atoms with Crippen LogP contribution in [0.5, 0.6) is 0 Å². The zero-order valence-electron chi connectivity index (χ0n) is 8.58. The van der Waals surface area contributed by atoms with Gasteiger partial charge >= 0.3 is 5.97 Å². The Morgan fingerprint density at radius 1 is 1.64 bits per heavy atom. The predicted octanol–water partition coefficient (Wildman–Crippen LogP) is -0.104. The Balaban J connectivity index is 3.27. The zero-order valence-corrected chi connectivity index (χ0v) is 8.58. The molecule has 82 valence electrons. The average Bonchev–Trinajstić information content (AvgIpc) is 2.21. The number of hydrogen-bond donors (Lipinski definition) is 3. The second kappa shape index (κ2) is 8.65. The largest absolute Gasteiger partial charge is 0.468 e. The number of rotatable bonds is 8. The lowest BCUT2D eigenvalue weighted by Crippen LogP contribution is -2.31. The van der Waals surface area contributed by atoms with Gasteiger partial charge in [0.15, 0.2) is 0 Å². The summed E-state index contributed by atoms with van der Waals surface area (Å²) in [7, 11) is 1.34. The molecule has 5 nitrogen and oxygen atoms in total. The number of carbonyl (C=O) groups excluding carboxylic acids is 1. The molecule has 0 aromatic carbocycles. The predicted molar refractivity (Wildman–Crippen MR) is 55.5 cm³/mol. The van der Waals surface area contributed by atoms with Crippen LogP contribution >= 0.6 is 0 Å². The van der Waals surface area contributed by atoms with E-state index in [0.29, 0.717) is 13.0 Å². The van der Waals surface area contributed by atoms with Crippen molar-refractivity contribution in [3.63, 3.8) is 0 Å². The zero-order chi connectivity index (χ0) is 10.8. The number of ether oxygens (including phenoxy) is 1. The second-order valence-corrected chi connectivity index (χ2v) is 3.03. The van der Waals surface area contributed by atoms with Crippen LogP contribution in [-0.2, 0) is 9.53 Å². The SMILES string of the molecule is COC(=O)C(N)CCCCNCC=N. The molecular formula is C9H19N3O2. The molecule has 0 fully saturated rings. The maximum absolute atomic E-state index is 10.9. The molecule has 0 aromatic heterocycles. The molecule has 0 saturated heterocycles. The molecule has 0 amide bonds. The molecule has 0 aliphatic heterocycles. The summed E-state index contributed by atoms with van der Waals surface area (Å²) in [6, 6.07) is -0.497. The number of esters is 1. The van der Waals surface area contributed by atoms with Gasteiger partial charge in [0.1, 0.15) is 6.04 Å². The van der Waals surface area contributed by atoms with Crippen LogP contribution in [-0.4, -0.2) is 38.4 Å². The van der Waals surface area contributed by atoms with Gasteiger partial charge in [-0.15, -0.1) is 0 Å². The quantitative estimate of drug-likeness (QED) is 0.290. The van der Waals surface area contributed by atoms with Crippen LogP contribution in [0, 0.1) is 5.41 Å². The molecule has 0 aliphatic rings. The van der Waals surface area contributed by atoms with E-state index >= 15 is 0 Å². The molecule has 1 unspecified atom stereocenters. The Kier molecular flexibility index (Phi) is 8.07. The van der Waals surface area contributed by atoms with Crippen molar-refractivity contribution in [1.82, 2.24) is 5.32 Å². The van der Waals surface area contributed by atoms with Crippen molar-refractivity contribution < 1.29 is 9.53 Å². The fraction of sp³-hybridized carbons (Fsp3) is 0.778. The van der Waals surface area contributed by atoms with Crippen LogP contribution < -0.4 is 11.1 Å². The lowest BCUT2D eigenvalue weighted by molar-refractivity contribution is -0.142. The lowest BCUT2D eigenvalue weighted by atomic mass is 10.1. The highest BCUT2D eigenvalue weighted by molar-refractivity contribution is 5.75. The van der Waals surface area contributed by atoms with Gasteiger partial charge in [0, 0.05) is 12.8 Å². The van der Waals surface area contributed by atoms with Crippen molar-refractivity contribution in [3.05, 3.63) is 0 Å². The van der Waals surface area contributed by atoms with Crippen LogP contribution in [0.4, 0.5) is 0 Å². The third-order valence-electron chi connectivity index (χ3n) is 1.87. The molecule has 0 spiro atoms. The van der Waals surface area contributed by atoms with Crippen molar-refractivity contribution in [2.24, 2.45) is 5.73 Å². The number of nitrogens with one attached hydrogen (secondary N) is 2. The molecule has 5 heteroatoms. The molecule has 14 heavy (non-hydrogen) atoms. The smallest absolute Gasteiger partial charge is 0.322 e. The minimum absolute atomic E-state index is 0.350. The van der Waals surface area contributed by atoms with E-state index in [-0.39, 0.29) is 5.97 Å². The van der Waals surface area contributed by atoms with Crippen molar-refractivity contribution in [2.45, 2.75) is 25.3 Å². The summed E-state index contributed by atoms with van der Waals surface area (Å²) in [6.45, 7) is 1.45. The summed E-state index contributed by atoms with van der Waals surface area (Å²) < 4.78 is 4.50. The Hall–Kier alpha value is -0.940. The first-order valence-electron chi connectivity index (χ1n) is 4.75. The van der Waals surface area contributed by atoms with E-state index in [2.05, 4.69) is 10.1 Å². The Morgan fingerprint density at radius 3 is 2.93 bits per heavy atom. The number of carbonyl (C=O) groups is 1. The van der Waals surface area contributed by atoms with E-state index in [4.69, 9.17) is 11.1 Å². The standard InChI is InChI=1S/C9H19N3O2/c1-14-9(13)8(11)4-2-3-6-12-7-5-10/h5,8,10,12H,2-4,6-7,11H2,1H3. The highest BCUT2D eigenvalue weighted by Gasteiger charge is 2.11. The Labute approximate surface area is 84.5 Å². The van der Waals surface area contributed by atoms with Crippen molar-refractivity contribution in [3.8, 4) is 0 Å². The minimum Gasteiger partial charge on any atom is -0.468 e. The van der Waals surface area contributed by atoms with E-state index < -0.39 is 6.04 Å². The highest BCUT2D eigenvalue weighted by Crippen LogP contribution is 1.99. The molecule has 0 saturated carbocycles. The third-order valence-corrected chi connectivity index (χ3v) is 1.87. The van der Waals surface area contributed by atoms with E-state index in [1.54, 1.807) is 0 Å². The fourth-order valence-corrected chi connectivity index (χ4v) is 1.06. The van der Waals surface area contributed by atoms with Gasteiger partial charge in [0.05, 0.1) is 7.11 Å². The van der Waals surface area contributed by atoms with Gasteiger partial charge in [-0.2, -0.15) is 0 Å². The number of methoxy groups -OCH3 is 1. The van der Waals surface area contributed by atoms with E-state index in [9.17, 15) is 4.79 Å². The maximum Gasteiger partial charge on any atom is 0.322 e. The Bertz CT molecular complexity index is 173. The van der Waals surface area contributed by atoms with Gasteiger partial charge in [-0.05, 0) is 19.4 Å². The van der Waals surface area contributed by atoms with Crippen LogP contribution in [0.1, 0.15) is 19.3 Å². The first kappa shape index (κ1) is 13.1. The molecule has 4 N–H and O–H groups in total. The summed E-state index contributed by atoms with van der Waals surface area (Å²) in [4.78, 5) is 10.9.